The molecule has 1 aromatic carbocycles. The fraction of sp³-hybridized carbons (Fsp3) is 0.250. The first-order chi connectivity index (χ1) is 6.86. The molecule has 0 bridgehead atoms. The lowest BCUT2D eigenvalue weighted by atomic mass is 10.2. The Morgan fingerprint density at radius 2 is 2.07 bits per heavy atom. The fourth-order valence-electron chi connectivity index (χ4n) is 1.57. The molecule has 0 spiro atoms. The van der Waals surface area contributed by atoms with Crippen molar-refractivity contribution in [1.29, 1.82) is 0 Å². The van der Waals surface area contributed by atoms with Gasteiger partial charge in [-0.3, -0.25) is 0 Å². The van der Waals surface area contributed by atoms with Gasteiger partial charge in [0.05, 0.1) is 0 Å². The predicted molar refractivity (Wildman–Crippen MR) is 54.8 cm³/mol. The Morgan fingerprint density at radius 3 is 2.71 bits per heavy atom. The van der Waals surface area contributed by atoms with Gasteiger partial charge in [0.1, 0.15) is 12.8 Å². The Bertz CT molecular complexity index is 365. The van der Waals surface area contributed by atoms with Gasteiger partial charge >= 0.3 is 0 Å². The Balaban J connectivity index is 2.19. The smallest absolute Gasteiger partial charge is 0.161 e. The van der Waals surface area contributed by atoms with E-state index in [1.165, 1.54) is 0 Å². The van der Waals surface area contributed by atoms with Crippen LogP contribution in [0.25, 0.3) is 5.76 Å². The highest BCUT2D eigenvalue weighted by Gasteiger charge is 2.07. The fourth-order valence-corrected chi connectivity index (χ4v) is 1.57. The van der Waals surface area contributed by atoms with E-state index in [0.29, 0.717) is 0 Å². The second kappa shape index (κ2) is 4.09. The molecule has 0 radical (unpaired) electrons. The second-order valence-electron chi connectivity index (χ2n) is 3.42. The van der Waals surface area contributed by atoms with Crippen LogP contribution in [0.15, 0.2) is 36.5 Å². The average Bonchev–Trinajstić information content (AvgIpc) is 2.72. The number of hydrogen-bond acceptors (Lipinski definition) is 1. The van der Waals surface area contributed by atoms with Crippen LogP contribution < -0.4 is 5.11 Å². The van der Waals surface area contributed by atoms with Gasteiger partial charge in [0.25, 0.3) is 0 Å². The van der Waals surface area contributed by atoms with E-state index in [1.807, 2.05) is 34.9 Å². The highest BCUT2D eigenvalue weighted by atomic mass is 16.3. The molecule has 1 heterocycles. The van der Waals surface area contributed by atoms with E-state index in [-0.39, 0.29) is 5.76 Å². The van der Waals surface area contributed by atoms with E-state index in [9.17, 15) is 5.11 Å². The van der Waals surface area contributed by atoms with Crippen molar-refractivity contribution in [3.8, 4) is 0 Å². The van der Waals surface area contributed by atoms with Crippen LogP contribution in [0.4, 0.5) is 0 Å². The van der Waals surface area contributed by atoms with Crippen LogP contribution in [0, 0.1) is 0 Å². The number of benzene rings is 1. The van der Waals surface area contributed by atoms with Crippen molar-refractivity contribution < 1.29 is 9.68 Å². The van der Waals surface area contributed by atoms with Crippen LogP contribution in [-0.4, -0.2) is 17.3 Å². The summed E-state index contributed by atoms with van der Waals surface area (Å²) in [6.07, 6.45) is 5.99. The quantitative estimate of drug-likeness (QED) is 0.505. The van der Waals surface area contributed by atoms with Crippen molar-refractivity contribution in [3.63, 3.8) is 0 Å². The molecule has 1 aromatic rings. The van der Waals surface area contributed by atoms with E-state index in [2.05, 4.69) is 6.21 Å². The lowest BCUT2D eigenvalue weighted by Gasteiger charge is -2.08. The maximum atomic E-state index is 11.7. The Labute approximate surface area is 83.8 Å². The van der Waals surface area contributed by atoms with Crippen LogP contribution in [-0.2, 0) is 0 Å². The van der Waals surface area contributed by atoms with Gasteiger partial charge in [-0.2, -0.15) is 0 Å². The molecule has 1 aliphatic rings. The molecule has 0 saturated heterocycles. The summed E-state index contributed by atoms with van der Waals surface area (Å²) in [5.74, 6) is 0.0868. The summed E-state index contributed by atoms with van der Waals surface area (Å²) in [6, 6.07) is 9.37. The third-order valence-electron chi connectivity index (χ3n) is 2.33. The zero-order valence-corrected chi connectivity index (χ0v) is 8.02. The SMILES string of the molecule is [O-]/C(=C\[N+]1=CCCC1)c1ccccc1. The van der Waals surface area contributed by atoms with Crippen LogP contribution in [0.5, 0.6) is 0 Å². The van der Waals surface area contributed by atoms with E-state index in [4.69, 9.17) is 0 Å². The minimum Gasteiger partial charge on any atom is -0.868 e. The van der Waals surface area contributed by atoms with Crippen molar-refractivity contribution in [2.24, 2.45) is 0 Å². The molecule has 2 heteroatoms. The van der Waals surface area contributed by atoms with Gasteiger partial charge in [0.2, 0.25) is 0 Å². The van der Waals surface area contributed by atoms with Crippen molar-refractivity contribution in [3.05, 3.63) is 42.1 Å². The predicted octanol–water partition coefficient (Wildman–Crippen LogP) is 1.22. The first-order valence-electron chi connectivity index (χ1n) is 4.89. The summed E-state index contributed by atoms with van der Waals surface area (Å²) in [5, 5.41) is 11.7. The van der Waals surface area contributed by atoms with Crippen molar-refractivity contribution in [2.75, 3.05) is 6.54 Å². The molecular formula is C12H13NO. The summed E-state index contributed by atoms with van der Waals surface area (Å²) >= 11 is 0. The third kappa shape index (κ3) is 2.02. The van der Waals surface area contributed by atoms with Gasteiger partial charge in [-0.25, -0.2) is 4.58 Å². The van der Waals surface area contributed by atoms with E-state index in [0.717, 1.165) is 24.9 Å². The lowest BCUT2D eigenvalue weighted by Crippen LogP contribution is -2.08. The molecule has 0 aliphatic carbocycles. The van der Waals surface area contributed by atoms with Crippen molar-refractivity contribution in [2.45, 2.75) is 12.8 Å². The normalized spacial score (nSPS) is 16.9. The lowest BCUT2D eigenvalue weighted by molar-refractivity contribution is -0.448. The standard InChI is InChI=1S/C12H13NO/c14-12(10-13-8-4-5-9-13)11-6-2-1-3-7-11/h1-3,6-8,10H,4-5,9H2/b12-10-. The zero-order valence-electron chi connectivity index (χ0n) is 8.02. The highest BCUT2D eigenvalue weighted by molar-refractivity contribution is 5.57. The van der Waals surface area contributed by atoms with Crippen molar-refractivity contribution in [1.82, 2.24) is 0 Å². The van der Waals surface area contributed by atoms with Crippen LogP contribution in [0.2, 0.25) is 0 Å². The Morgan fingerprint density at radius 1 is 1.29 bits per heavy atom. The van der Waals surface area contributed by atoms with E-state index < -0.39 is 0 Å². The first-order valence-corrected chi connectivity index (χ1v) is 4.89. The summed E-state index contributed by atoms with van der Waals surface area (Å²) in [7, 11) is 0. The maximum absolute atomic E-state index is 11.7. The Hall–Kier alpha value is -1.57. The summed E-state index contributed by atoms with van der Waals surface area (Å²) in [4.78, 5) is 0. The number of nitrogens with zero attached hydrogens (tertiary/aromatic N) is 1. The average molecular weight is 187 g/mol. The maximum Gasteiger partial charge on any atom is 0.161 e. The van der Waals surface area contributed by atoms with Crippen molar-refractivity contribution >= 4 is 12.0 Å². The molecule has 14 heavy (non-hydrogen) atoms. The second-order valence-corrected chi connectivity index (χ2v) is 3.42. The number of hydrogen-bond donors (Lipinski definition) is 0. The number of rotatable bonds is 2. The van der Waals surface area contributed by atoms with Gasteiger partial charge in [-0.1, -0.05) is 30.3 Å². The van der Waals surface area contributed by atoms with Gasteiger partial charge in [-0.15, -0.1) is 0 Å². The monoisotopic (exact) mass is 187 g/mol. The topological polar surface area (TPSA) is 26.1 Å². The first kappa shape index (κ1) is 9.00. The molecule has 0 saturated carbocycles. The van der Waals surface area contributed by atoms with Crippen LogP contribution in [0.1, 0.15) is 18.4 Å². The highest BCUT2D eigenvalue weighted by Crippen LogP contribution is 2.08. The van der Waals surface area contributed by atoms with Gasteiger partial charge in [0, 0.05) is 12.8 Å². The molecule has 0 amide bonds. The summed E-state index contributed by atoms with van der Waals surface area (Å²) in [6.45, 7) is 0.971. The third-order valence-corrected chi connectivity index (χ3v) is 2.33. The molecule has 72 valence electrons. The minimum atomic E-state index is 0.0868. The van der Waals surface area contributed by atoms with E-state index in [1.54, 1.807) is 6.20 Å². The largest absolute Gasteiger partial charge is 0.868 e. The molecule has 0 N–H and O–H groups in total. The van der Waals surface area contributed by atoms with Gasteiger partial charge < -0.3 is 5.11 Å². The molecule has 0 aromatic heterocycles. The molecule has 1 aliphatic heterocycles. The molecule has 0 atom stereocenters. The molecule has 2 nitrogen and oxygen atoms in total. The molecule has 0 unspecified atom stereocenters. The van der Waals surface area contributed by atoms with Gasteiger partial charge in [-0.05, 0) is 11.3 Å². The summed E-state index contributed by atoms with van der Waals surface area (Å²) in [5.41, 5.74) is 0.757. The minimum absolute atomic E-state index is 0.0868. The molecular weight excluding hydrogens is 174 g/mol. The molecule has 0 fully saturated rings. The van der Waals surface area contributed by atoms with Crippen LogP contribution >= 0.6 is 0 Å². The summed E-state index contributed by atoms with van der Waals surface area (Å²) < 4.78 is 1.98. The molecule has 2 rings (SSSR count). The zero-order chi connectivity index (χ0) is 9.80. The van der Waals surface area contributed by atoms with Gasteiger partial charge in [0.15, 0.2) is 6.20 Å². The van der Waals surface area contributed by atoms with E-state index >= 15 is 0 Å². The van der Waals surface area contributed by atoms with Crippen LogP contribution in [0.3, 0.4) is 0 Å². The Kier molecular flexibility index (Phi) is 2.63.